The van der Waals surface area contributed by atoms with Gasteiger partial charge >= 0.3 is 0 Å². The summed E-state index contributed by atoms with van der Waals surface area (Å²) in [5, 5.41) is 3.66. The Morgan fingerprint density at radius 1 is 1.06 bits per heavy atom. The van der Waals surface area contributed by atoms with Crippen molar-refractivity contribution in [2.24, 2.45) is 5.41 Å². The van der Waals surface area contributed by atoms with Crippen LogP contribution in [-0.4, -0.2) is 37.6 Å². The van der Waals surface area contributed by atoms with E-state index in [2.05, 4.69) is 31.0 Å². The summed E-state index contributed by atoms with van der Waals surface area (Å²) in [5.74, 6) is 0. The molecule has 0 spiro atoms. The molecule has 0 amide bonds. The summed E-state index contributed by atoms with van der Waals surface area (Å²) < 4.78 is 0. The summed E-state index contributed by atoms with van der Waals surface area (Å²) in [7, 11) is 0. The molecular weight excluding hydrogens is 208 g/mol. The molecule has 0 heterocycles. The lowest BCUT2D eigenvalue weighted by molar-refractivity contribution is 0.154. The second-order valence-electron chi connectivity index (χ2n) is 5.75. The molecule has 2 heteroatoms. The first-order valence-corrected chi connectivity index (χ1v) is 7.69. The predicted octanol–water partition coefficient (Wildman–Crippen LogP) is 3.28. The fourth-order valence-electron chi connectivity index (χ4n) is 3.19. The number of nitrogens with one attached hydrogen (secondary N) is 1. The summed E-state index contributed by atoms with van der Waals surface area (Å²) in [6.45, 7) is 13.1. The smallest absolute Gasteiger partial charge is 0.00500 e. The van der Waals surface area contributed by atoms with E-state index < -0.39 is 0 Å². The molecule has 0 atom stereocenters. The average Bonchev–Trinajstić information content (AvgIpc) is 2.78. The maximum Gasteiger partial charge on any atom is 0.00500 e. The van der Waals surface area contributed by atoms with Crippen LogP contribution in [0.1, 0.15) is 59.3 Å². The Hall–Kier alpha value is -0.0800. The molecule has 1 rings (SSSR count). The van der Waals surface area contributed by atoms with Gasteiger partial charge in [0.1, 0.15) is 0 Å². The maximum absolute atomic E-state index is 3.66. The van der Waals surface area contributed by atoms with Gasteiger partial charge in [0.05, 0.1) is 0 Å². The number of hydrogen-bond acceptors (Lipinski definition) is 2. The zero-order valence-corrected chi connectivity index (χ0v) is 12.2. The van der Waals surface area contributed by atoms with Crippen molar-refractivity contribution in [1.82, 2.24) is 10.2 Å². The molecule has 17 heavy (non-hydrogen) atoms. The zero-order valence-electron chi connectivity index (χ0n) is 12.2. The van der Waals surface area contributed by atoms with E-state index in [1.165, 1.54) is 71.2 Å². The Labute approximate surface area is 108 Å². The summed E-state index contributed by atoms with van der Waals surface area (Å²) in [6.07, 6.45) is 8.29. The van der Waals surface area contributed by atoms with Gasteiger partial charge in [0.15, 0.2) is 0 Å². The van der Waals surface area contributed by atoms with Crippen LogP contribution in [0.2, 0.25) is 0 Å². The van der Waals surface area contributed by atoms with Crippen molar-refractivity contribution in [3.05, 3.63) is 0 Å². The normalized spacial score (nSPS) is 19.1. The second-order valence-corrected chi connectivity index (χ2v) is 5.75. The number of hydrogen-bond donors (Lipinski definition) is 1. The minimum Gasteiger partial charge on any atom is -0.316 e. The van der Waals surface area contributed by atoms with Gasteiger partial charge in [-0.2, -0.15) is 0 Å². The highest BCUT2D eigenvalue weighted by atomic mass is 15.1. The van der Waals surface area contributed by atoms with Crippen LogP contribution in [-0.2, 0) is 0 Å². The maximum atomic E-state index is 3.66. The van der Waals surface area contributed by atoms with Gasteiger partial charge in [-0.1, -0.05) is 33.6 Å². The summed E-state index contributed by atoms with van der Waals surface area (Å²) in [6, 6.07) is 0. The van der Waals surface area contributed by atoms with Crippen LogP contribution in [0.4, 0.5) is 0 Å². The molecule has 0 aromatic rings. The molecule has 1 aliphatic carbocycles. The van der Waals surface area contributed by atoms with Crippen LogP contribution in [0.5, 0.6) is 0 Å². The van der Waals surface area contributed by atoms with Gasteiger partial charge in [0.2, 0.25) is 0 Å². The molecular formula is C15H32N2. The fraction of sp³-hybridized carbons (Fsp3) is 1.00. The van der Waals surface area contributed by atoms with Crippen molar-refractivity contribution in [1.29, 1.82) is 0 Å². The van der Waals surface area contributed by atoms with Gasteiger partial charge in [-0.3, -0.25) is 0 Å². The lowest BCUT2D eigenvalue weighted by Crippen LogP contribution is -2.43. The molecule has 2 nitrogen and oxygen atoms in total. The molecule has 1 aliphatic rings. The van der Waals surface area contributed by atoms with E-state index in [9.17, 15) is 0 Å². The predicted molar refractivity (Wildman–Crippen MR) is 76.5 cm³/mol. The van der Waals surface area contributed by atoms with Crippen LogP contribution in [0.15, 0.2) is 0 Å². The second kappa shape index (κ2) is 8.10. The molecule has 0 aromatic carbocycles. The minimum atomic E-state index is 0.584. The van der Waals surface area contributed by atoms with E-state index >= 15 is 0 Å². The fourth-order valence-corrected chi connectivity index (χ4v) is 3.19. The first kappa shape index (κ1) is 15.0. The quantitative estimate of drug-likeness (QED) is 0.622. The topological polar surface area (TPSA) is 15.3 Å². The van der Waals surface area contributed by atoms with Crippen LogP contribution in [0, 0.1) is 5.41 Å². The van der Waals surface area contributed by atoms with E-state index in [0.29, 0.717) is 5.41 Å². The van der Waals surface area contributed by atoms with E-state index in [0.717, 1.165) is 0 Å². The molecule has 0 aromatic heterocycles. The molecule has 0 saturated heterocycles. The third-order valence-corrected chi connectivity index (χ3v) is 4.14. The molecule has 0 unspecified atom stereocenters. The van der Waals surface area contributed by atoms with Crippen molar-refractivity contribution in [3.8, 4) is 0 Å². The van der Waals surface area contributed by atoms with E-state index in [-0.39, 0.29) is 0 Å². The van der Waals surface area contributed by atoms with Crippen molar-refractivity contribution in [3.63, 3.8) is 0 Å². The Morgan fingerprint density at radius 3 is 2.29 bits per heavy atom. The third kappa shape index (κ3) is 4.97. The van der Waals surface area contributed by atoms with E-state index in [4.69, 9.17) is 0 Å². The highest BCUT2D eigenvalue weighted by molar-refractivity contribution is 4.89. The highest BCUT2D eigenvalue weighted by Crippen LogP contribution is 2.38. The van der Waals surface area contributed by atoms with E-state index in [1.54, 1.807) is 0 Å². The molecule has 0 radical (unpaired) electrons. The molecule has 1 saturated carbocycles. The number of rotatable bonds is 9. The van der Waals surface area contributed by atoms with Gasteiger partial charge < -0.3 is 10.2 Å². The summed E-state index contributed by atoms with van der Waals surface area (Å²) in [4.78, 5) is 2.65. The minimum absolute atomic E-state index is 0.584. The zero-order chi connectivity index (χ0) is 12.6. The Kier molecular flexibility index (Phi) is 7.14. The first-order valence-electron chi connectivity index (χ1n) is 7.69. The van der Waals surface area contributed by atoms with Crippen molar-refractivity contribution >= 4 is 0 Å². The standard InChI is InChI=1S/C15H32N2/c1-4-11-16-13-15(9-7-8-10-15)14-17(6-3)12-5-2/h16H,4-14H2,1-3H3. The van der Waals surface area contributed by atoms with Crippen LogP contribution >= 0.6 is 0 Å². The van der Waals surface area contributed by atoms with Gasteiger partial charge in [-0.15, -0.1) is 0 Å². The first-order chi connectivity index (χ1) is 8.26. The summed E-state index contributed by atoms with van der Waals surface area (Å²) in [5.41, 5.74) is 0.584. The average molecular weight is 240 g/mol. The monoisotopic (exact) mass is 240 g/mol. The van der Waals surface area contributed by atoms with E-state index in [1.807, 2.05) is 0 Å². The van der Waals surface area contributed by atoms with Gasteiger partial charge in [0, 0.05) is 13.1 Å². The van der Waals surface area contributed by atoms with Crippen LogP contribution in [0.25, 0.3) is 0 Å². The number of nitrogens with zero attached hydrogens (tertiary/aromatic N) is 1. The Bertz CT molecular complexity index is 185. The Morgan fingerprint density at radius 2 is 1.76 bits per heavy atom. The lowest BCUT2D eigenvalue weighted by Gasteiger charge is -2.35. The van der Waals surface area contributed by atoms with Gasteiger partial charge in [-0.05, 0) is 50.7 Å². The van der Waals surface area contributed by atoms with Crippen molar-refractivity contribution in [2.45, 2.75) is 59.3 Å². The van der Waals surface area contributed by atoms with Crippen LogP contribution < -0.4 is 5.32 Å². The highest BCUT2D eigenvalue weighted by Gasteiger charge is 2.34. The molecule has 0 aliphatic heterocycles. The summed E-state index contributed by atoms with van der Waals surface area (Å²) >= 11 is 0. The van der Waals surface area contributed by atoms with Crippen molar-refractivity contribution in [2.75, 3.05) is 32.7 Å². The molecule has 1 fully saturated rings. The SMILES string of the molecule is CCCNCC1(CN(CC)CCC)CCCC1. The molecule has 0 bridgehead atoms. The van der Waals surface area contributed by atoms with Crippen molar-refractivity contribution < 1.29 is 0 Å². The largest absolute Gasteiger partial charge is 0.316 e. The van der Waals surface area contributed by atoms with Gasteiger partial charge in [-0.25, -0.2) is 0 Å². The Balaban J connectivity index is 2.45. The third-order valence-electron chi connectivity index (χ3n) is 4.14. The van der Waals surface area contributed by atoms with Gasteiger partial charge in [0.25, 0.3) is 0 Å². The lowest BCUT2D eigenvalue weighted by atomic mass is 9.85. The molecule has 102 valence electrons. The van der Waals surface area contributed by atoms with Crippen LogP contribution in [0.3, 0.4) is 0 Å². The molecule has 1 N–H and O–H groups in total.